The number of halogens is 5. The number of hydrogen-bond acceptors (Lipinski definition) is 5. The lowest BCUT2D eigenvalue weighted by molar-refractivity contribution is -0.140. The van der Waals surface area contributed by atoms with E-state index in [4.69, 9.17) is 5.73 Å². The number of alkyl halides is 5. The minimum atomic E-state index is -4.53. The summed E-state index contributed by atoms with van der Waals surface area (Å²) < 4.78 is 66.3. The fourth-order valence-corrected chi connectivity index (χ4v) is 3.97. The molecule has 4 rings (SSSR count). The van der Waals surface area contributed by atoms with Gasteiger partial charge in [-0.25, -0.2) is 13.8 Å². The van der Waals surface area contributed by atoms with E-state index >= 15 is 0 Å². The second kappa shape index (κ2) is 8.87. The third-order valence-corrected chi connectivity index (χ3v) is 5.56. The van der Waals surface area contributed by atoms with Crippen molar-refractivity contribution in [3.05, 3.63) is 41.9 Å². The largest absolute Gasteiger partial charge is 0.434 e. The average molecular weight is 471 g/mol. The number of nitrogens with one attached hydrogen (secondary N) is 2. The molecule has 1 aliphatic rings. The molecule has 1 amide bonds. The molecule has 33 heavy (non-hydrogen) atoms. The monoisotopic (exact) mass is 471 g/mol. The van der Waals surface area contributed by atoms with Crippen LogP contribution in [0.25, 0.3) is 5.65 Å². The summed E-state index contributed by atoms with van der Waals surface area (Å²) in [6, 6.07) is 4.67. The number of nitrogen functional groups attached to an aromatic ring is 1. The number of pyridine rings is 1. The first-order valence-electron chi connectivity index (χ1n) is 10.3. The molecule has 0 saturated heterocycles. The van der Waals surface area contributed by atoms with Crippen LogP contribution in [0.2, 0.25) is 0 Å². The molecular formula is C20H22F5N7O. The van der Waals surface area contributed by atoms with Crippen molar-refractivity contribution in [2.24, 2.45) is 0 Å². The van der Waals surface area contributed by atoms with Crippen molar-refractivity contribution in [2.45, 2.75) is 56.9 Å². The highest BCUT2D eigenvalue weighted by atomic mass is 19.4. The number of anilines is 2. The van der Waals surface area contributed by atoms with Gasteiger partial charge in [0.15, 0.2) is 11.5 Å². The quantitative estimate of drug-likeness (QED) is 0.478. The summed E-state index contributed by atoms with van der Waals surface area (Å²) in [4.78, 5) is 16.1. The van der Waals surface area contributed by atoms with E-state index in [-0.39, 0.29) is 29.1 Å². The first kappa shape index (κ1) is 22.8. The van der Waals surface area contributed by atoms with Gasteiger partial charge >= 0.3 is 6.18 Å². The van der Waals surface area contributed by atoms with Crippen LogP contribution in [-0.2, 0) is 12.7 Å². The van der Waals surface area contributed by atoms with Crippen molar-refractivity contribution in [2.75, 3.05) is 11.1 Å². The standard InChI is InChI=1S/C20H22F5N7O/c21-15(22)10-31-8-13(18(26)30-31)19(33)28-12-6-4-11(5-7-12)27-16-2-1-3-17-29-14(9-32(16)17)20(23,24)25/h1-3,8-9,11-12,15,27H,4-7,10H2,(H2,26,30)(H,28,33)/t11-,12+. The summed E-state index contributed by atoms with van der Waals surface area (Å²) in [7, 11) is 0. The van der Waals surface area contributed by atoms with Crippen molar-refractivity contribution in [1.29, 1.82) is 0 Å². The molecule has 0 bridgehead atoms. The Morgan fingerprint density at radius 1 is 1.15 bits per heavy atom. The highest BCUT2D eigenvalue weighted by molar-refractivity contribution is 5.98. The molecule has 0 spiro atoms. The zero-order chi connectivity index (χ0) is 23.8. The maximum absolute atomic E-state index is 13.0. The summed E-state index contributed by atoms with van der Waals surface area (Å²) in [6.45, 7) is -0.650. The van der Waals surface area contributed by atoms with Gasteiger partial charge in [0.25, 0.3) is 12.3 Å². The third kappa shape index (κ3) is 5.17. The summed E-state index contributed by atoms with van der Waals surface area (Å²) in [5.74, 6) is -0.0929. The minimum Gasteiger partial charge on any atom is -0.382 e. The number of fused-ring (bicyclic) bond motifs is 1. The van der Waals surface area contributed by atoms with Crippen molar-refractivity contribution < 1.29 is 26.7 Å². The molecule has 0 aromatic carbocycles. The fraction of sp³-hybridized carbons (Fsp3) is 0.450. The molecule has 0 unspecified atom stereocenters. The van der Waals surface area contributed by atoms with Crippen LogP contribution in [0.3, 0.4) is 0 Å². The normalized spacial score (nSPS) is 19.2. The van der Waals surface area contributed by atoms with Gasteiger partial charge in [0.2, 0.25) is 0 Å². The van der Waals surface area contributed by atoms with Crippen LogP contribution in [0.1, 0.15) is 41.7 Å². The Balaban J connectivity index is 1.35. The van der Waals surface area contributed by atoms with Crippen LogP contribution in [0.5, 0.6) is 0 Å². The van der Waals surface area contributed by atoms with E-state index in [1.807, 2.05) is 0 Å². The van der Waals surface area contributed by atoms with Crippen molar-refractivity contribution >= 4 is 23.2 Å². The van der Waals surface area contributed by atoms with Gasteiger partial charge in [-0.15, -0.1) is 0 Å². The van der Waals surface area contributed by atoms with Crippen LogP contribution in [0.4, 0.5) is 33.6 Å². The first-order valence-corrected chi connectivity index (χ1v) is 10.3. The number of carbonyl (C=O) groups is 1. The second-order valence-electron chi connectivity index (χ2n) is 7.97. The molecule has 0 aliphatic heterocycles. The summed E-state index contributed by atoms with van der Waals surface area (Å²) in [6.07, 6.45) is -2.39. The summed E-state index contributed by atoms with van der Waals surface area (Å²) in [5, 5.41) is 9.84. The zero-order valence-corrected chi connectivity index (χ0v) is 17.3. The van der Waals surface area contributed by atoms with Crippen LogP contribution in [0, 0.1) is 0 Å². The van der Waals surface area contributed by atoms with Gasteiger partial charge < -0.3 is 16.4 Å². The molecule has 3 aromatic heterocycles. The Bertz CT molecular complexity index is 1130. The number of nitrogens with two attached hydrogens (primary N) is 1. The molecule has 13 heteroatoms. The average Bonchev–Trinajstić information content (AvgIpc) is 3.33. The Labute approximate surface area is 185 Å². The molecule has 1 aliphatic carbocycles. The molecule has 1 saturated carbocycles. The lowest BCUT2D eigenvalue weighted by Crippen LogP contribution is -2.40. The molecular weight excluding hydrogens is 449 g/mol. The van der Waals surface area contributed by atoms with Crippen LogP contribution in [-0.4, -0.2) is 43.6 Å². The first-order chi connectivity index (χ1) is 15.6. The van der Waals surface area contributed by atoms with Gasteiger partial charge in [0.1, 0.15) is 23.6 Å². The molecule has 3 heterocycles. The van der Waals surface area contributed by atoms with Crippen LogP contribution >= 0.6 is 0 Å². The summed E-state index contributed by atoms with van der Waals surface area (Å²) >= 11 is 0. The molecule has 0 atom stereocenters. The predicted molar refractivity (Wildman–Crippen MR) is 110 cm³/mol. The molecule has 1 fully saturated rings. The number of hydrogen-bond donors (Lipinski definition) is 3. The maximum Gasteiger partial charge on any atom is 0.434 e. The van der Waals surface area contributed by atoms with E-state index in [2.05, 4.69) is 20.7 Å². The number of aromatic nitrogens is 4. The van der Waals surface area contributed by atoms with Crippen LogP contribution in [0.15, 0.2) is 30.6 Å². The number of imidazole rings is 1. The molecule has 3 aromatic rings. The number of amides is 1. The Kier molecular flexibility index (Phi) is 6.13. The van der Waals surface area contributed by atoms with Gasteiger partial charge in [-0.2, -0.15) is 18.3 Å². The highest BCUT2D eigenvalue weighted by Gasteiger charge is 2.34. The Morgan fingerprint density at radius 2 is 1.85 bits per heavy atom. The predicted octanol–water partition coefficient (Wildman–Crippen LogP) is 3.55. The van der Waals surface area contributed by atoms with E-state index in [0.717, 1.165) is 10.9 Å². The van der Waals surface area contributed by atoms with Gasteiger partial charge in [-0.1, -0.05) is 6.07 Å². The van der Waals surface area contributed by atoms with E-state index in [1.54, 1.807) is 12.1 Å². The minimum absolute atomic E-state index is 0.000602. The highest BCUT2D eigenvalue weighted by Crippen LogP contribution is 2.30. The molecule has 4 N–H and O–H groups in total. The smallest absolute Gasteiger partial charge is 0.382 e. The van der Waals surface area contributed by atoms with Crippen molar-refractivity contribution in [3.63, 3.8) is 0 Å². The topological polar surface area (TPSA) is 102 Å². The zero-order valence-electron chi connectivity index (χ0n) is 17.3. The second-order valence-corrected chi connectivity index (χ2v) is 7.97. The number of rotatable bonds is 6. The van der Waals surface area contributed by atoms with Gasteiger partial charge in [-0.05, 0) is 37.8 Å². The number of carbonyl (C=O) groups excluding carboxylic acids is 1. The number of nitrogens with zero attached hydrogens (tertiary/aromatic N) is 4. The summed E-state index contributed by atoms with van der Waals surface area (Å²) in [5.41, 5.74) is 4.96. The van der Waals surface area contributed by atoms with Gasteiger partial charge in [0, 0.05) is 24.5 Å². The lowest BCUT2D eigenvalue weighted by atomic mass is 9.91. The molecule has 8 nitrogen and oxygen atoms in total. The SMILES string of the molecule is Nc1nn(CC(F)F)cc1C(=O)N[C@H]1CC[C@@H](Nc2cccc3nc(C(F)(F)F)cn23)CC1. The van der Waals surface area contributed by atoms with E-state index in [9.17, 15) is 26.7 Å². The Morgan fingerprint density at radius 3 is 2.52 bits per heavy atom. The van der Waals surface area contributed by atoms with Crippen molar-refractivity contribution in [1.82, 2.24) is 24.5 Å². The van der Waals surface area contributed by atoms with Crippen LogP contribution < -0.4 is 16.4 Å². The van der Waals surface area contributed by atoms with E-state index in [0.29, 0.717) is 31.5 Å². The fourth-order valence-electron chi connectivity index (χ4n) is 3.97. The molecule has 0 radical (unpaired) electrons. The van der Waals surface area contributed by atoms with Crippen molar-refractivity contribution in [3.8, 4) is 0 Å². The maximum atomic E-state index is 13.0. The third-order valence-electron chi connectivity index (χ3n) is 5.56. The Hall–Kier alpha value is -3.38. The lowest BCUT2D eigenvalue weighted by Gasteiger charge is -2.30. The van der Waals surface area contributed by atoms with Gasteiger partial charge in [-0.3, -0.25) is 13.9 Å². The van der Waals surface area contributed by atoms with E-state index in [1.165, 1.54) is 16.7 Å². The van der Waals surface area contributed by atoms with E-state index < -0.39 is 30.7 Å². The molecule has 178 valence electrons. The van der Waals surface area contributed by atoms with Gasteiger partial charge in [0.05, 0.1) is 0 Å².